The molecule has 104 valence electrons. The standard InChI is InChI=1S/C14H16N4O2/c1-2-8-16-14-17-9-7-12(18-14)20-11-6-4-3-5-10(11)13(15)19/h3-7,9H,2,8H2,1H3,(H2,15,19)(H,16,17,18). The molecule has 0 radical (unpaired) electrons. The van der Waals surface area contributed by atoms with E-state index in [1.165, 1.54) is 0 Å². The average Bonchev–Trinajstić information content (AvgIpc) is 2.46. The zero-order valence-electron chi connectivity index (χ0n) is 11.2. The Morgan fingerprint density at radius 1 is 1.35 bits per heavy atom. The summed E-state index contributed by atoms with van der Waals surface area (Å²) < 4.78 is 5.60. The number of rotatable bonds is 6. The van der Waals surface area contributed by atoms with Gasteiger partial charge in [0.05, 0.1) is 5.56 Å². The van der Waals surface area contributed by atoms with Crippen LogP contribution in [0.15, 0.2) is 36.5 Å². The number of anilines is 1. The summed E-state index contributed by atoms with van der Waals surface area (Å²) in [5.74, 6) is 0.673. The fourth-order valence-electron chi connectivity index (χ4n) is 1.59. The van der Waals surface area contributed by atoms with Gasteiger partial charge in [0.15, 0.2) is 0 Å². The number of primary amides is 1. The first-order valence-electron chi connectivity index (χ1n) is 6.34. The van der Waals surface area contributed by atoms with E-state index < -0.39 is 5.91 Å². The van der Waals surface area contributed by atoms with E-state index in [-0.39, 0.29) is 0 Å². The van der Waals surface area contributed by atoms with Crippen LogP contribution in [0.4, 0.5) is 5.95 Å². The van der Waals surface area contributed by atoms with Gasteiger partial charge in [-0.05, 0) is 18.6 Å². The number of nitrogens with zero attached hydrogens (tertiary/aromatic N) is 2. The molecular formula is C14H16N4O2. The van der Waals surface area contributed by atoms with Crippen molar-refractivity contribution in [1.29, 1.82) is 0 Å². The summed E-state index contributed by atoms with van der Waals surface area (Å²) in [6.45, 7) is 2.83. The second-order valence-corrected chi connectivity index (χ2v) is 4.11. The Hall–Kier alpha value is -2.63. The summed E-state index contributed by atoms with van der Waals surface area (Å²) in [6.07, 6.45) is 2.56. The number of carbonyl (C=O) groups excluding carboxylic acids is 1. The highest BCUT2D eigenvalue weighted by Gasteiger charge is 2.10. The first-order valence-corrected chi connectivity index (χ1v) is 6.34. The molecule has 1 heterocycles. The van der Waals surface area contributed by atoms with Crippen molar-refractivity contribution in [2.24, 2.45) is 5.73 Å². The molecule has 0 atom stereocenters. The van der Waals surface area contributed by atoms with Crippen LogP contribution in [0.25, 0.3) is 0 Å². The number of hydrogen-bond donors (Lipinski definition) is 2. The molecule has 0 aliphatic heterocycles. The van der Waals surface area contributed by atoms with E-state index in [9.17, 15) is 4.79 Å². The van der Waals surface area contributed by atoms with Gasteiger partial charge in [0, 0.05) is 18.8 Å². The number of hydrogen-bond acceptors (Lipinski definition) is 5. The van der Waals surface area contributed by atoms with Crippen LogP contribution in [0.2, 0.25) is 0 Å². The Labute approximate surface area is 117 Å². The summed E-state index contributed by atoms with van der Waals surface area (Å²) in [5.41, 5.74) is 5.61. The van der Waals surface area contributed by atoms with Crippen LogP contribution in [-0.4, -0.2) is 22.4 Å². The van der Waals surface area contributed by atoms with Crippen molar-refractivity contribution in [2.45, 2.75) is 13.3 Å². The highest BCUT2D eigenvalue weighted by Crippen LogP contribution is 2.23. The third-order valence-electron chi connectivity index (χ3n) is 2.53. The number of ether oxygens (including phenoxy) is 1. The minimum absolute atomic E-state index is 0.314. The van der Waals surface area contributed by atoms with Crippen LogP contribution >= 0.6 is 0 Å². The normalized spacial score (nSPS) is 10.1. The Morgan fingerprint density at radius 2 is 2.15 bits per heavy atom. The quantitative estimate of drug-likeness (QED) is 0.841. The third-order valence-corrected chi connectivity index (χ3v) is 2.53. The first-order chi connectivity index (χ1) is 9.70. The molecule has 0 aliphatic carbocycles. The molecule has 6 heteroatoms. The maximum atomic E-state index is 11.3. The molecule has 0 saturated carbocycles. The van der Waals surface area contributed by atoms with Gasteiger partial charge in [-0.2, -0.15) is 4.98 Å². The SMILES string of the molecule is CCCNc1nccc(Oc2ccccc2C(N)=O)n1. The lowest BCUT2D eigenvalue weighted by Gasteiger charge is -2.09. The number of nitrogens with one attached hydrogen (secondary N) is 1. The fraction of sp³-hybridized carbons (Fsp3) is 0.214. The number of benzene rings is 1. The molecule has 6 nitrogen and oxygen atoms in total. The van der Waals surface area contributed by atoms with E-state index in [2.05, 4.69) is 22.2 Å². The highest BCUT2D eigenvalue weighted by atomic mass is 16.5. The number of para-hydroxylation sites is 1. The molecular weight excluding hydrogens is 256 g/mol. The van der Waals surface area contributed by atoms with Crippen LogP contribution in [0.3, 0.4) is 0 Å². The number of amides is 1. The molecule has 0 spiro atoms. The molecule has 0 fully saturated rings. The molecule has 1 amide bonds. The van der Waals surface area contributed by atoms with Gasteiger partial charge >= 0.3 is 0 Å². The molecule has 0 saturated heterocycles. The second-order valence-electron chi connectivity index (χ2n) is 4.11. The molecule has 2 rings (SSSR count). The highest BCUT2D eigenvalue weighted by molar-refractivity contribution is 5.95. The van der Waals surface area contributed by atoms with Crippen LogP contribution in [0.5, 0.6) is 11.6 Å². The van der Waals surface area contributed by atoms with Gasteiger partial charge in [0.2, 0.25) is 11.8 Å². The zero-order valence-corrected chi connectivity index (χ0v) is 11.2. The lowest BCUT2D eigenvalue weighted by Crippen LogP contribution is -2.12. The summed E-state index contributed by atoms with van der Waals surface area (Å²) in [5, 5.41) is 3.06. The predicted octanol–water partition coefficient (Wildman–Crippen LogP) is 2.19. The van der Waals surface area contributed by atoms with E-state index in [1.807, 2.05) is 0 Å². The fourth-order valence-corrected chi connectivity index (χ4v) is 1.59. The largest absolute Gasteiger partial charge is 0.438 e. The van der Waals surface area contributed by atoms with Crippen LogP contribution in [0.1, 0.15) is 23.7 Å². The maximum Gasteiger partial charge on any atom is 0.252 e. The monoisotopic (exact) mass is 272 g/mol. The molecule has 20 heavy (non-hydrogen) atoms. The van der Waals surface area contributed by atoms with E-state index in [0.717, 1.165) is 13.0 Å². The number of carbonyl (C=O) groups is 1. The van der Waals surface area contributed by atoms with E-state index in [0.29, 0.717) is 23.1 Å². The van der Waals surface area contributed by atoms with Crippen molar-refractivity contribution in [3.8, 4) is 11.6 Å². The van der Waals surface area contributed by atoms with Crippen LogP contribution in [-0.2, 0) is 0 Å². The summed E-state index contributed by atoms with van der Waals surface area (Å²) in [7, 11) is 0. The van der Waals surface area contributed by atoms with Gasteiger partial charge in [0.25, 0.3) is 5.91 Å². The van der Waals surface area contributed by atoms with Crippen molar-refractivity contribution in [3.05, 3.63) is 42.1 Å². The van der Waals surface area contributed by atoms with Gasteiger partial charge in [-0.3, -0.25) is 4.79 Å². The van der Waals surface area contributed by atoms with Crippen molar-refractivity contribution in [3.63, 3.8) is 0 Å². The van der Waals surface area contributed by atoms with E-state index in [1.54, 1.807) is 36.5 Å². The van der Waals surface area contributed by atoms with Gasteiger partial charge in [-0.1, -0.05) is 19.1 Å². The molecule has 1 aromatic carbocycles. The summed E-state index contributed by atoms with van der Waals surface area (Å²) >= 11 is 0. The lowest BCUT2D eigenvalue weighted by molar-refractivity contribution is 0.0998. The topological polar surface area (TPSA) is 90.1 Å². The Bertz CT molecular complexity index is 601. The van der Waals surface area contributed by atoms with Crippen molar-refractivity contribution in [2.75, 3.05) is 11.9 Å². The smallest absolute Gasteiger partial charge is 0.252 e. The number of nitrogens with two attached hydrogens (primary N) is 1. The molecule has 1 aromatic heterocycles. The van der Waals surface area contributed by atoms with Gasteiger partial charge in [-0.15, -0.1) is 0 Å². The van der Waals surface area contributed by atoms with Crippen LogP contribution < -0.4 is 15.8 Å². The lowest BCUT2D eigenvalue weighted by atomic mass is 10.2. The first kappa shape index (κ1) is 13.8. The van der Waals surface area contributed by atoms with E-state index >= 15 is 0 Å². The minimum atomic E-state index is -0.543. The van der Waals surface area contributed by atoms with E-state index in [4.69, 9.17) is 10.5 Å². The predicted molar refractivity (Wildman–Crippen MR) is 75.8 cm³/mol. The zero-order chi connectivity index (χ0) is 14.4. The Balaban J connectivity index is 2.20. The average molecular weight is 272 g/mol. The number of aromatic nitrogens is 2. The molecule has 2 aromatic rings. The maximum absolute atomic E-state index is 11.3. The summed E-state index contributed by atoms with van der Waals surface area (Å²) in [4.78, 5) is 19.6. The molecule has 3 N–H and O–H groups in total. The minimum Gasteiger partial charge on any atom is -0.438 e. The van der Waals surface area contributed by atoms with Gasteiger partial charge in [-0.25, -0.2) is 4.98 Å². The summed E-state index contributed by atoms with van der Waals surface area (Å²) in [6, 6.07) is 8.38. The van der Waals surface area contributed by atoms with Gasteiger partial charge < -0.3 is 15.8 Å². The second kappa shape index (κ2) is 6.51. The van der Waals surface area contributed by atoms with Gasteiger partial charge in [0.1, 0.15) is 5.75 Å². The van der Waals surface area contributed by atoms with Crippen LogP contribution in [0, 0.1) is 0 Å². The van der Waals surface area contributed by atoms with Crippen molar-refractivity contribution in [1.82, 2.24) is 9.97 Å². The van der Waals surface area contributed by atoms with Crippen molar-refractivity contribution < 1.29 is 9.53 Å². The Morgan fingerprint density at radius 3 is 2.90 bits per heavy atom. The molecule has 0 aliphatic rings. The third kappa shape index (κ3) is 3.44. The van der Waals surface area contributed by atoms with Crippen molar-refractivity contribution >= 4 is 11.9 Å². The Kier molecular flexibility index (Phi) is 4.49. The molecule has 0 unspecified atom stereocenters. The molecule has 0 bridgehead atoms.